The number of methoxy groups -OCH3 is 1. The lowest BCUT2D eigenvalue weighted by molar-refractivity contribution is -0.141. The lowest BCUT2D eigenvalue weighted by Crippen LogP contribution is -2.37. The third-order valence-electron chi connectivity index (χ3n) is 6.05. The molecule has 31 heavy (non-hydrogen) atoms. The van der Waals surface area contributed by atoms with Crippen LogP contribution >= 0.6 is 0 Å². The number of ether oxygens (including phenoxy) is 2. The van der Waals surface area contributed by atoms with E-state index in [4.69, 9.17) is 9.47 Å². The van der Waals surface area contributed by atoms with E-state index in [1.54, 1.807) is 48.4 Å². The molecule has 2 aliphatic rings. The standard InChI is InChI=1S/C25H27NO5/c1-3-31-20-10-6-7-17(15-20)23(27)21-22(16-11-13-19(30-2)14-12-16)26(25(29)24(21)28)18-8-4-5-9-18/h6-7,10-15,18,22,27H,3-5,8-9H2,1-2H3/b23-21-. The Morgan fingerprint density at radius 1 is 1.06 bits per heavy atom. The topological polar surface area (TPSA) is 76.1 Å². The van der Waals surface area contributed by atoms with Gasteiger partial charge in [0.1, 0.15) is 17.3 Å². The fraction of sp³-hybridized carbons (Fsp3) is 0.360. The highest BCUT2D eigenvalue weighted by atomic mass is 16.5. The average molecular weight is 421 g/mol. The summed E-state index contributed by atoms with van der Waals surface area (Å²) >= 11 is 0. The summed E-state index contributed by atoms with van der Waals surface area (Å²) in [4.78, 5) is 27.9. The maximum absolute atomic E-state index is 13.1. The molecule has 6 nitrogen and oxygen atoms in total. The van der Waals surface area contributed by atoms with Crippen LogP contribution in [-0.2, 0) is 9.59 Å². The number of amides is 1. The van der Waals surface area contributed by atoms with Crippen molar-refractivity contribution in [3.05, 3.63) is 65.2 Å². The zero-order chi connectivity index (χ0) is 22.0. The number of hydrogen-bond donors (Lipinski definition) is 1. The maximum atomic E-state index is 13.1. The van der Waals surface area contributed by atoms with Crippen molar-refractivity contribution in [1.82, 2.24) is 4.90 Å². The van der Waals surface area contributed by atoms with Gasteiger partial charge in [-0.2, -0.15) is 0 Å². The van der Waals surface area contributed by atoms with E-state index < -0.39 is 17.7 Å². The predicted molar refractivity (Wildman–Crippen MR) is 117 cm³/mol. The Morgan fingerprint density at radius 2 is 1.77 bits per heavy atom. The molecule has 6 heteroatoms. The van der Waals surface area contributed by atoms with Gasteiger partial charge in [0.05, 0.1) is 25.3 Å². The van der Waals surface area contributed by atoms with Gasteiger partial charge in [-0.3, -0.25) is 9.59 Å². The lowest BCUT2D eigenvalue weighted by atomic mass is 9.94. The van der Waals surface area contributed by atoms with E-state index in [0.29, 0.717) is 23.7 Å². The van der Waals surface area contributed by atoms with Gasteiger partial charge in [-0.1, -0.05) is 37.1 Å². The Kier molecular flexibility index (Phi) is 5.98. The highest BCUT2D eigenvalue weighted by Gasteiger charge is 2.49. The molecule has 0 bridgehead atoms. The second kappa shape index (κ2) is 8.84. The number of carbonyl (C=O) groups is 2. The summed E-state index contributed by atoms with van der Waals surface area (Å²) in [7, 11) is 1.59. The summed E-state index contributed by atoms with van der Waals surface area (Å²) in [5.74, 6) is -0.0907. The van der Waals surface area contributed by atoms with Crippen molar-refractivity contribution in [2.75, 3.05) is 13.7 Å². The highest BCUT2D eigenvalue weighted by molar-refractivity contribution is 6.46. The first-order chi connectivity index (χ1) is 15.0. The van der Waals surface area contributed by atoms with Crippen LogP contribution in [0.25, 0.3) is 5.76 Å². The number of Topliss-reactive ketones (excluding diaryl/α,β-unsaturated/α-hetero) is 1. The van der Waals surface area contributed by atoms with Crippen molar-refractivity contribution in [1.29, 1.82) is 0 Å². The second-order valence-corrected chi connectivity index (χ2v) is 7.88. The molecule has 0 aromatic heterocycles. The Balaban J connectivity index is 1.84. The van der Waals surface area contributed by atoms with Gasteiger partial charge in [-0.05, 0) is 49.6 Å². The number of aliphatic hydroxyl groups excluding tert-OH is 1. The van der Waals surface area contributed by atoms with Crippen LogP contribution in [0, 0.1) is 0 Å². The molecule has 1 saturated carbocycles. The molecule has 162 valence electrons. The number of benzene rings is 2. The van der Waals surface area contributed by atoms with Gasteiger partial charge in [0, 0.05) is 11.6 Å². The number of nitrogens with zero attached hydrogens (tertiary/aromatic N) is 1. The first-order valence-corrected chi connectivity index (χ1v) is 10.7. The van der Waals surface area contributed by atoms with Crippen molar-refractivity contribution in [3.8, 4) is 11.5 Å². The van der Waals surface area contributed by atoms with Crippen LogP contribution in [0.2, 0.25) is 0 Å². The SMILES string of the molecule is CCOc1cccc(/C(O)=C2/C(=O)C(=O)N(C3CCCC3)C2c2ccc(OC)cc2)c1. The molecule has 1 unspecified atom stereocenters. The largest absolute Gasteiger partial charge is 0.507 e. The normalized spacial score (nSPS) is 21.0. The summed E-state index contributed by atoms with van der Waals surface area (Å²) in [6.07, 6.45) is 3.78. The van der Waals surface area contributed by atoms with Gasteiger partial charge in [0.25, 0.3) is 11.7 Å². The number of likely N-dealkylation sites (tertiary alicyclic amines) is 1. The summed E-state index contributed by atoms with van der Waals surface area (Å²) in [6, 6.07) is 13.6. The van der Waals surface area contributed by atoms with Gasteiger partial charge in [-0.25, -0.2) is 0 Å². The Hall–Kier alpha value is -3.28. The number of rotatable bonds is 6. The summed E-state index contributed by atoms with van der Waals surface area (Å²) in [6.45, 7) is 2.37. The van der Waals surface area contributed by atoms with Crippen molar-refractivity contribution in [2.24, 2.45) is 0 Å². The molecule has 1 atom stereocenters. The van der Waals surface area contributed by atoms with Crippen molar-refractivity contribution in [2.45, 2.75) is 44.7 Å². The minimum atomic E-state index is -0.646. The smallest absolute Gasteiger partial charge is 0.295 e. The third-order valence-corrected chi connectivity index (χ3v) is 6.05. The quantitative estimate of drug-likeness (QED) is 0.423. The van der Waals surface area contributed by atoms with E-state index in [1.165, 1.54) is 0 Å². The van der Waals surface area contributed by atoms with Crippen LogP contribution in [-0.4, -0.2) is 41.5 Å². The second-order valence-electron chi connectivity index (χ2n) is 7.88. The highest BCUT2D eigenvalue weighted by Crippen LogP contribution is 2.43. The number of aliphatic hydroxyl groups is 1. The van der Waals surface area contributed by atoms with Crippen molar-refractivity contribution < 1.29 is 24.2 Å². The number of carbonyl (C=O) groups excluding carboxylic acids is 2. The molecule has 4 rings (SSSR count). The molecule has 1 N–H and O–H groups in total. The lowest BCUT2D eigenvalue weighted by Gasteiger charge is -2.30. The molecule has 1 aliphatic heterocycles. The third kappa shape index (κ3) is 3.90. The fourth-order valence-corrected chi connectivity index (χ4v) is 4.58. The summed E-state index contributed by atoms with van der Waals surface area (Å²) in [5, 5.41) is 11.2. The van der Waals surface area contributed by atoms with Gasteiger partial charge in [-0.15, -0.1) is 0 Å². The molecule has 2 aromatic carbocycles. The van der Waals surface area contributed by atoms with Crippen molar-refractivity contribution >= 4 is 17.4 Å². The van der Waals surface area contributed by atoms with E-state index in [2.05, 4.69) is 0 Å². The molecule has 1 saturated heterocycles. The van der Waals surface area contributed by atoms with Crippen LogP contribution in [0.5, 0.6) is 11.5 Å². The van der Waals surface area contributed by atoms with Crippen molar-refractivity contribution in [3.63, 3.8) is 0 Å². The average Bonchev–Trinajstić information content (AvgIpc) is 3.41. The monoisotopic (exact) mass is 421 g/mol. The van der Waals surface area contributed by atoms with E-state index in [1.807, 2.05) is 19.1 Å². The van der Waals surface area contributed by atoms with E-state index in [9.17, 15) is 14.7 Å². The van der Waals surface area contributed by atoms with Crippen LogP contribution in [0.3, 0.4) is 0 Å². The van der Waals surface area contributed by atoms with Crippen LogP contribution in [0.4, 0.5) is 0 Å². The number of ketones is 1. The van der Waals surface area contributed by atoms with Crippen LogP contribution < -0.4 is 9.47 Å². The number of hydrogen-bond acceptors (Lipinski definition) is 5. The van der Waals surface area contributed by atoms with Gasteiger partial charge >= 0.3 is 0 Å². The zero-order valence-corrected chi connectivity index (χ0v) is 17.8. The molecule has 0 radical (unpaired) electrons. The molecule has 1 amide bonds. The fourth-order valence-electron chi connectivity index (χ4n) is 4.58. The van der Waals surface area contributed by atoms with E-state index in [0.717, 1.165) is 31.2 Å². The molecule has 0 spiro atoms. The Bertz CT molecular complexity index is 1000. The minimum Gasteiger partial charge on any atom is -0.507 e. The first kappa shape index (κ1) is 21.0. The maximum Gasteiger partial charge on any atom is 0.295 e. The van der Waals surface area contributed by atoms with Crippen LogP contribution in [0.1, 0.15) is 49.8 Å². The molecule has 2 aromatic rings. The Morgan fingerprint density at radius 3 is 2.42 bits per heavy atom. The minimum absolute atomic E-state index is 0.0105. The van der Waals surface area contributed by atoms with Gasteiger partial charge in [0.15, 0.2) is 0 Å². The van der Waals surface area contributed by atoms with Gasteiger partial charge < -0.3 is 19.5 Å². The molecule has 1 aliphatic carbocycles. The molecule has 1 heterocycles. The molecule has 2 fully saturated rings. The molecular formula is C25H27NO5. The zero-order valence-electron chi connectivity index (χ0n) is 17.8. The van der Waals surface area contributed by atoms with Gasteiger partial charge in [0.2, 0.25) is 0 Å². The predicted octanol–water partition coefficient (Wildman–Crippen LogP) is 4.46. The Labute approximate surface area is 182 Å². The summed E-state index contributed by atoms with van der Waals surface area (Å²) < 4.78 is 10.8. The summed E-state index contributed by atoms with van der Waals surface area (Å²) in [5.41, 5.74) is 1.35. The van der Waals surface area contributed by atoms with Crippen LogP contribution in [0.15, 0.2) is 54.1 Å². The molecular weight excluding hydrogens is 394 g/mol. The van der Waals surface area contributed by atoms with E-state index >= 15 is 0 Å². The van der Waals surface area contributed by atoms with E-state index in [-0.39, 0.29) is 17.4 Å². The first-order valence-electron chi connectivity index (χ1n) is 10.7.